The Labute approximate surface area is 146 Å². The number of hydrogen-bond acceptors (Lipinski definition) is 4. The Kier molecular flexibility index (Phi) is 3.96. The minimum atomic E-state index is 0.140. The van der Waals surface area contributed by atoms with Crippen LogP contribution in [0, 0.1) is 6.92 Å². The van der Waals surface area contributed by atoms with E-state index in [1.165, 1.54) is 0 Å². The predicted molar refractivity (Wildman–Crippen MR) is 95.5 cm³/mol. The van der Waals surface area contributed by atoms with E-state index in [1.54, 1.807) is 12.4 Å². The van der Waals surface area contributed by atoms with Gasteiger partial charge in [-0.2, -0.15) is 0 Å². The molecule has 2 saturated heterocycles. The predicted octanol–water partition coefficient (Wildman–Crippen LogP) is 3.17. The zero-order chi connectivity index (χ0) is 16.6. The van der Waals surface area contributed by atoms with Crippen LogP contribution in [-0.2, 0) is 0 Å². The second-order valence-electron chi connectivity index (χ2n) is 6.66. The van der Waals surface area contributed by atoms with E-state index in [2.05, 4.69) is 4.98 Å². The lowest BCUT2D eigenvalue weighted by Crippen LogP contribution is -2.60. The van der Waals surface area contributed by atoms with Crippen molar-refractivity contribution in [1.82, 2.24) is 9.88 Å². The summed E-state index contributed by atoms with van der Waals surface area (Å²) in [5.74, 6) is 1.94. The molecule has 0 bridgehead atoms. The van der Waals surface area contributed by atoms with E-state index < -0.39 is 0 Å². The van der Waals surface area contributed by atoms with Gasteiger partial charge in [-0.05, 0) is 31.2 Å². The average molecular weight is 340 g/mol. The van der Waals surface area contributed by atoms with Crippen LogP contribution in [0.2, 0.25) is 0 Å². The van der Waals surface area contributed by atoms with E-state index in [-0.39, 0.29) is 16.8 Å². The van der Waals surface area contributed by atoms with Crippen LogP contribution in [0.25, 0.3) is 0 Å². The Balaban J connectivity index is 1.34. The summed E-state index contributed by atoms with van der Waals surface area (Å²) in [7, 11) is 0. The Morgan fingerprint density at radius 1 is 1.33 bits per heavy atom. The highest BCUT2D eigenvalue weighted by molar-refractivity contribution is 8.01. The number of carbonyl (C=O) groups is 1. The van der Waals surface area contributed by atoms with Crippen molar-refractivity contribution in [3.63, 3.8) is 0 Å². The lowest BCUT2D eigenvalue weighted by atomic mass is 9.92. The van der Waals surface area contributed by atoms with Crippen LogP contribution in [0.1, 0.15) is 22.3 Å². The second-order valence-corrected chi connectivity index (χ2v) is 8.15. The van der Waals surface area contributed by atoms with E-state index in [0.29, 0.717) is 0 Å². The SMILES string of the molecule is Cc1cccc(C(=O)N2CC3(C[C@H](Oc4cccnc4)CS3)C2)c1. The molecular weight excluding hydrogens is 320 g/mol. The highest BCUT2D eigenvalue weighted by Crippen LogP contribution is 2.46. The third kappa shape index (κ3) is 3.00. The first kappa shape index (κ1) is 15.5. The second kappa shape index (κ2) is 6.13. The molecule has 4 nitrogen and oxygen atoms in total. The Morgan fingerprint density at radius 3 is 2.96 bits per heavy atom. The van der Waals surface area contributed by atoms with Crippen molar-refractivity contribution in [1.29, 1.82) is 0 Å². The van der Waals surface area contributed by atoms with Crippen LogP contribution < -0.4 is 4.74 Å². The number of benzene rings is 1. The average Bonchev–Trinajstić information content (AvgIpc) is 2.98. The normalized spacial score (nSPS) is 21.5. The number of ether oxygens (including phenoxy) is 1. The number of rotatable bonds is 3. The molecule has 24 heavy (non-hydrogen) atoms. The summed E-state index contributed by atoms with van der Waals surface area (Å²) < 4.78 is 6.19. The summed E-state index contributed by atoms with van der Waals surface area (Å²) in [6, 6.07) is 11.7. The lowest BCUT2D eigenvalue weighted by molar-refractivity contribution is 0.0518. The first-order chi connectivity index (χ1) is 11.6. The molecule has 0 radical (unpaired) electrons. The molecule has 4 rings (SSSR count). The number of amides is 1. The van der Waals surface area contributed by atoms with Gasteiger partial charge in [-0.3, -0.25) is 9.78 Å². The molecule has 1 aromatic heterocycles. The fourth-order valence-corrected chi connectivity index (χ4v) is 4.98. The van der Waals surface area contributed by atoms with Gasteiger partial charge >= 0.3 is 0 Å². The fourth-order valence-electron chi connectivity index (χ4n) is 3.46. The molecule has 1 aromatic carbocycles. The molecule has 5 heteroatoms. The van der Waals surface area contributed by atoms with Gasteiger partial charge in [-0.15, -0.1) is 11.8 Å². The van der Waals surface area contributed by atoms with Gasteiger partial charge in [0.2, 0.25) is 0 Å². The highest BCUT2D eigenvalue weighted by Gasteiger charge is 2.51. The van der Waals surface area contributed by atoms with Gasteiger partial charge in [0.15, 0.2) is 0 Å². The van der Waals surface area contributed by atoms with Crippen LogP contribution in [0.15, 0.2) is 48.8 Å². The van der Waals surface area contributed by atoms with Gasteiger partial charge in [0.05, 0.1) is 10.9 Å². The van der Waals surface area contributed by atoms with Crippen molar-refractivity contribution in [3.05, 3.63) is 59.9 Å². The van der Waals surface area contributed by atoms with Crippen LogP contribution in [-0.4, -0.2) is 45.5 Å². The monoisotopic (exact) mass is 340 g/mol. The number of pyridine rings is 1. The maximum absolute atomic E-state index is 12.6. The molecule has 2 fully saturated rings. The quantitative estimate of drug-likeness (QED) is 0.861. The molecule has 2 aromatic rings. The molecule has 0 unspecified atom stereocenters. The number of hydrogen-bond donors (Lipinski definition) is 0. The number of aryl methyl sites for hydroxylation is 1. The summed E-state index contributed by atoms with van der Waals surface area (Å²) in [4.78, 5) is 18.6. The lowest BCUT2D eigenvalue weighted by Gasteiger charge is -2.47. The first-order valence-electron chi connectivity index (χ1n) is 8.20. The van der Waals surface area contributed by atoms with Crippen LogP contribution >= 0.6 is 11.8 Å². The van der Waals surface area contributed by atoms with E-state index in [9.17, 15) is 4.79 Å². The Hall–Kier alpha value is -2.01. The van der Waals surface area contributed by atoms with Crippen molar-refractivity contribution in [3.8, 4) is 5.75 Å². The molecule has 2 aliphatic rings. The molecule has 3 heterocycles. The summed E-state index contributed by atoms with van der Waals surface area (Å²) in [5, 5.41) is 0. The Morgan fingerprint density at radius 2 is 2.21 bits per heavy atom. The summed E-state index contributed by atoms with van der Waals surface area (Å²) >= 11 is 1.94. The van der Waals surface area contributed by atoms with Crippen molar-refractivity contribution >= 4 is 17.7 Å². The molecule has 1 spiro atoms. The fraction of sp³-hybridized carbons (Fsp3) is 0.368. The van der Waals surface area contributed by atoms with Gasteiger partial charge in [0, 0.05) is 37.0 Å². The number of carbonyl (C=O) groups excluding carboxylic acids is 1. The largest absolute Gasteiger partial charge is 0.488 e. The number of aromatic nitrogens is 1. The maximum Gasteiger partial charge on any atom is 0.253 e. The topological polar surface area (TPSA) is 42.4 Å². The Bertz CT molecular complexity index is 744. The van der Waals surface area contributed by atoms with E-state index in [1.807, 2.05) is 60.0 Å². The summed E-state index contributed by atoms with van der Waals surface area (Å²) in [6.07, 6.45) is 4.70. The van der Waals surface area contributed by atoms with Crippen molar-refractivity contribution in [2.45, 2.75) is 24.2 Å². The van der Waals surface area contributed by atoms with Crippen molar-refractivity contribution < 1.29 is 9.53 Å². The molecular formula is C19H20N2O2S. The third-order valence-electron chi connectivity index (χ3n) is 4.62. The van der Waals surface area contributed by atoms with E-state index in [0.717, 1.165) is 42.1 Å². The molecule has 1 atom stereocenters. The van der Waals surface area contributed by atoms with Gasteiger partial charge in [0.25, 0.3) is 5.91 Å². The van der Waals surface area contributed by atoms with Gasteiger partial charge < -0.3 is 9.64 Å². The third-order valence-corrected chi connectivity index (χ3v) is 6.20. The smallest absolute Gasteiger partial charge is 0.253 e. The van der Waals surface area contributed by atoms with E-state index in [4.69, 9.17) is 4.74 Å². The van der Waals surface area contributed by atoms with Crippen LogP contribution in [0.3, 0.4) is 0 Å². The molecule has 2 aliphatic heterocycles. The number of nitrogens with zero attached hydrogens (tertiary/aromatic N) is 2. The maximum atomic E-state index is 12.6. The van der Waals surface area contributed by atoms with Crippen LogP contribution in [0.5, 0.6) is 5.75 Å². The van der Waals surface area contributed by atoms with Crippen molar-refractivity contribution in [2.24, 2.45) is 0 Å². The highest BCUT2D eigenvalue weighted by atomic mass is 32.2. The minimum Gasteiger partial charge on any atom is -0.488 e. The minimum absolute atomic E-state index is 0.140. The molecule has 0 N–H and O–H groups in total. The molecule has 0 aliphatic carbocycles. The molecule has 124 valence electrons. The van der Waals surface area contributed by atoms with Gasteiger partial charge in [-0.1, -0.05) is 17.7 Å². The zero-order valence-electron chi connectivity index (χ0n) is 13.6. The summed E-state index contributed by atoms with van der Waals surface area (Å²) in [5.41, 5.74) is 1.91. The number of likely N-dealkylation sites (tertiary alicyclic amines) is 1. The molecule has 1 amide bonds. The summed E-state index contributed by atoms with van der Waals surface area (Å²) in [6.45, 7) is 3.65. The van der Waals surface area contributed by atoms with Gasteiger partial charge in [-0.25, -0.2) is 0 Å². The first-order valence-corrected chi connectivity index (χ1v) is 9.19. The molecule has 0 saturated carbocycles. The van der Waals surface area contributed by atoms with Crippen LogP contribution in [0.4, 0.5) is 0 Å². The van der Waals surface area contributed by atoms with E-state index >= 15 is 0 Å². The standard InChI is InChI=1S/C19H20N2O2S/c1-14-4-2-5-15(8-14)18(22)21-12-19(13-21)9-17(11-24-19)23-16-6-3-7-20-10-16/h2-8,10,17H,9,11-13H2,1H3/t17-/m0/s1. The van der Waals surface area contributed by atoms with Crippen molar-refractivity contribution in [2.75, 3.05) is 18.8 Å². The number of thioether (sulfide) groups is 1. The van der Waals surface area contributed by atoms with Gasteiger partial charge in [0.1, 0.15) is 11.9 Å². The zero-order valence-corrected chi connectivity index (χ0v) is 14.5.